The molecule has 1 aromatic heterocycles. The van der Waals surface area contributed by atoms with Gasteiger partial charge in [-0.05, 0) is 36.2 Å². The third-order valence-electron chi connectivity index (χ3n) is 1.77. The highest BCUT2D eigenvalue weighted by Crippen LogP contribution is 2.22. The minimum Gasteiger partial charge on any atom is -0.369 e. The Morgan fingerprint density at radius 2 is 2.14 bits per heavy atom. The summed E-state index contributed by atoms with van der Waals surface area (Å²) in [5.41, 5.74) is 0.957. The zero-order chi connectivity index (χ0) is 10.6. The van der Waals surface area contributed by atoms with Gasteiger partial charge in [-0.1, -0.05) is 6.08 Å². The highest BCUT2D eigenvalue weighted by Gasteiger charge is 2.05. The number of halogens is 1. The van der Waals surface area contributed by atoms with E-state index in [1.807, 2.05) is 19.9 Å². The van der Waals surface area contributed by atoms with E-state index in [2.05, 4.69) is 37.8 Å². The number of hydrogen-bond donors (Lipinski definition) is 1. The molecule has 1 aromatic rings. The smallest absolute Gasteiger partial charge is 0.144 e. The van der Waals surface area contributed by atoms with Crippen LogP contribution in [0.2, 0.25) is 0 Å². The van der Waals surface area contributed by atoms with Crippen LogP contribution in [0.5, 0.6) is 0 Å². The van der Waals surface area contributed by atoms with Crippen LogP contribution in [0.15, 0.2) is 17.1 Å². The number of aromatic nitrogens is 2. The Labute approximate surface area is 92.8 Å². The molecule has 0 saturated carbocycles. The average molecular weight is 256 g/mol. The van der Waals surface area contributed by atoms with Crippen LogP contribution >= 0.6 is 15.9 Å². The van der Waals surface area contributed by atoms with Crippen molar-refractivity contribution in [3.8, 4) is 0 Å². The van der Waals surface area contributed by atoms with Crippen LogP contribution < -0.4 is 5.32 Å². The second kappa shape index (κ2) is 5.10. The fourth-order valence-corrected chi connectivity index (χ4v) is 1.43. The van der Waals surface area contributed by atoms with Gasteiger partial charge in [0, 0.05) is 6.54 Å². The molecule has 0 aliphatic heterocycles. The molecule has 1 rings (SSSR count). The molecule has 76 valence electrons. The first-order chi connectivity index (χ1) is 6.65. The summed E-state index contributed by atoms with van der Waals surface area (Å²) < 4.78 is 0.937. The Morgan fingerprint density at radius 1 is 1.43 bits per heavy atom. The summed E-state index contributed by atoms with van der Waals surface area (Å²) in [4.78, 5) is 8.55. The van der Waals surface area contributed by atoms with E-state index in [1.54, 1.807) is 0 Å². The molecule has 4 heteroatoms. The van der Waals surface area contributed by atoms with Gasteiger partial charge < -0.3 is 5.32 Å². The van der Waals surface area contributed by atoms with Gasteiger partial charge in [0.05, 0.1) is 10.2 Å². The first-order valence-electron chi connectivity index (χ1n) is 4.50. The van der Waals surface area contributed by atoms with E-state index in [-0.39, 0.29) is 0 Å². The third kappa shape index (κ3) is 2.80. The van der Waals surface area contributed by atoms with Crippen molar-refractivity contribution in [3.63, 3.8) is 0 Å². The van der Waals surface area contributed by atoms with E-state index in [4.69, 9.17) is 0 Å². The lowest BCUT2D eigenvalue weighted by atomic mass is 10.4. The van der Waals surface area contributed by atoms with Crippen LogP contribution in [0, 0.1) is 13.8 Å². The van der Waals surface area contributed by atoms with Gasteiger partial charge in [-0.15, -0.1) is 6.58 Å². The van der Waals surface area contributed by atoms with Crippen LogP contribution in [0.3, 0.4) is 0 Å². The Hall–Kier alpha value is -0.900. The van der Waals surface area contributed by atoms with Gasteiger partial charge in [0.2, 0.25) is 0 Å². The van der Waals surface area contributed by atoms with Crippen molar-refractivity contribution in [3.05, 3.63) is 28.6 Å². The van der Waals surface area contributed by atoms with E-state index in [9.17, 15) is 0 Å². The predicted molar refractivity (Wildman–Crippen MR) is 62.5 cm³/mol. The SMILES string of the molecule is C=CCCNc1nc(C)nc(C)c1Br. The van der Waals surface area contributed by atoms with Gasteiger partial charge in [0.25, 0.3) is 0 Å². The lowest BCUT2D eigenvalue weighted by molar-refractivity contribution is 0.971. The second-order valence-corrected chi connectivity index (χ2v) is 3.82. The van der Waals surface area contributed by atoms with Crippen molar-refractivity contribution in [2.75, 3.05) is 11.9 Å². The summed E-state index contributed by atoms with van der Waals surface area (Å²) in [5.74, 6) is 1.64. The van der Waals surface area contributed by atoms with Gasteiger partial charge >= 0.3 is 0 Å². The Bertz CT molecular complexity index is 336. The van der Waals surface area contributed by atoms with E-state index >= 15 is 0 Å². The average Bonchev–Trinajstić information content (AvgIpc) is 2.13. The van der Waals surface area contributed by atoms with Crippen LogP contribution in [0.25, 0.3) is 0 Å². The number of nitrogens with zero attached hydrogens (tertiary/aromatic N) is 2. The quantitative estimate of drug-likeness (QED) is 0.665. The van der Waals surface area contributed by atoms with E-state index in [1.165, 1.54) is 0 Å². The Morgan fingerprint density at radius 3 is 2.79 bits per heavy atom. The minimum absolute atomic E-state index is 0.784. The number of nitrogens with one attached hydrogen (secondary N) is 1. The molecule has 0 aliphatic rings. The topological polar surface area (TPSA) is 37.8 Å². The van der Waals surface area contributed by atoms with E-state index in [0.717, 1.165) is 34.8 Å². The molecule has 0 fully saturated rings. The normalized spacial score (nSPS) is 9.93. The van der Waals surface area contributed by atoms with Crippen LogP contribution in [-0.4, -0.2) is 16.5 Å². The summed E-state index contributed by atoms with van der Waals surface area (Å²) in [7, 11) is 0. The molecule has 0 saturated heterocycles. The summed E-state index contributed by atoms with van der Waals surface area (Å²) >= 11 is 3.45. The monoisotopic (exact) mass is 255 g/mol. The van der Waals surface area contributed by atoms with Crippen molar-refractivity contribution >= 4 is 21.7 Å². The molecule has 14 heavy (non-hydrogen) atoms. The molecular formula is C10H14BrN3. The first kappa shape index (κ1) is 11.2. The van der Waals surface area contributed by atoms with Crippen molar-refractivity contribution < 1.29 is 0 Å². The lowest BCUT2D eigenvalue weighted by Gasteiger charge is -2.08. The molecule has 0 radical (unpaired) electrons. The largest absolute Gasteiger partial charge is 0.369 e. The summed E-state index contributed by atoms with van der Waals surface area (Å²) in [6.07, 6.45) is 2.80. The molecule has 1 N–H and O–H groups in total. The van der Waals surface area contributed by atoms with E-state index in [0.29, 0.717) is 0 Å². The maximum atomic E-state index is 4.30. The predicted octanol–water partition coefficient (Wildman–Crippen LogP) is 2.84. The van der Waals surface area contributed by atoms with Crippen LogP contribution in [-0.2, 0) is 0 Å². The second-order valence-electron chi connectivity index (χ2n) is 3.02. The standard InChI is InChI=1S/C10H14BrN3/c1-4-5-6-12-10-9(11)7(2)13-8(3)14-10/h4H,1,5-6H2,2-3H3,(H,12,13,14). The maximum Gasteiger partial charge on any atom is 0.144 e. The lowest BCUT2D eigenvalue weighted by Crippen LogP contribution is -2.06. The molecule has 0 spiro atoms. The fourth-order valence-electron chi connectivity index (χ4n) is 1.11. The first-order valence-corrected chi connectivity index (χ1v) is 5.30. The molecule has 0 atom stereocenters. The zero-order valence-corrected chi connectivity index (χ0v) is 10.1. The summed E-state index contributed by atoms with van der Waals surface area (Å²) in [6.45, 7) is 8.35. The highest BCUT2D eigenvalue weighted by molar-refractivity contribution is 9.10. The summed E-state index contributed by atoms with van der Waals surface area (Å²) in [5, 5.41) is 3.23. The zero-order valence-electron chi connectivity index (χ0n) is 8.47. The van der Waals surface area contributed by atoms with Gasteiger partial charge in [-0.25, -0.2) is 9.97 Å². The van der Waals surface area contributed by atoms with Crippen molar-refractivity contribution in [2.24, 2.45) is 0 Å². The van der Waals surface area contributed by atoms with Gasteiger partial charge in [0.15, 0.2) is 0 Å². The van der Waals surface area contributed by atoms with Gasteiger partial charge in [0.1, 0.15) is 11.6 Å². The Balaban J connectivity index is 2.79. The van der Waals surface area contributed by atoms with E-state index < -0.39 is 0 Å². The molecule has 1 heterocycles. The number of rotatable bonds is 4. The summed E-state index contributed by atoms with van der Waals surface area (Å²) in [6, 6.07) is 0. The molecule has 0 amide bonds. The van der Waals surface area contributed by atoms with Crippen molar-refractivity contribution in [1.29, 1.82) is 0 Å². The van der Waals surface area contributed by atoms with Crippen molar-refractivity contribution in [2.45, 2.75) is 20.3 Å². The van der Waals surface area contributed by atoms with Gasteiger partial charge in [-0.2, -0.15) is 0 Å². The molecule has 0 aromatic carbocycles. The molecule has 0 bridgehead atoms. The molecule has 3 nitrogen and oxygen atoms in total. The molecular weight excluding hydrogens is 242 g/mol. The highest BCUT2D eigenvalue weighted by atomic mass is 79.9. The maximum absolute atomic E-state index is 4.30. The number of anilines is 1. The third-order valence-corrected chi connectivity index (χ3v) is 2.72. The minimum atomic E-state index is 0.784. The number of hydrogen-bond acceptors (Lipinski definition) is 3. The Kier molecular flexibility index (Phi) is 4.07. The van der Waals surface area contributed by atoms with Crippen molar-refractivity contribution in [1.82, 2.24) is 9.97 Å². The number of aryl methyl sites for hydroxylation is 2. The molecule has 0 aliphatic carbocycles. The van der Waals surface area contributed by atoms with Crippen LogP contribution in [0.4, 0.5) is 5.82 Å². The molecule has 0 unspecified atom stereocenters. The van der Waals surface area contributed by atoms with Crippen LogP contribution in [0.1, 0.15) is 17.9 Å². The fraction of sp³-hybridized carbons (Fsp3) is 0.400. The van der Waals surface area contributed by atoms with Gasteiger partial charge in [-0.3, -0.25) is 0 Å².